The Morgan fingerprint density at radius 1 is 1.12 bits per heavy atom. The van der Waals surface area contributed by atoms with Crippen LogP contribution in [0.2, 0.25) is 0 Å². The van der Waals surface area contributed by atoms with Gasteiger partial charge in [-0.25, -0.2) is 4.98 Å². The standard InChI is InChI=1S/C20H20N2O4/c1-12-21-16-8-14(4-5-17(16)26-12)20(23)22-7-6-13-9-18(24-2)19(25-3)10-15(13)11-22/h4-5,8-10H,6-7,11H2,1-3H3. The molecular weight excluding hydrogens is 332 g/mol. The van der Waals surface area contributed by atoms with Crippen molar-refractivity contribution in [2.24, 2.45) is 0 Å². The van der Waals surface area contributed by atoms with Crippen molar-refractivity contribution < 1.29 is 18.7 Å². The first-order valence-corrected chi connectivity index (χ1v) is 8.49. The molecule has 0 saturated heterocycles. The van der Waals surface area contributed by atoms with Gasteiger partial charge in [0.2, 0.25) is 0 Å². The molecule has 134 valence electrons. The van der Waals surface area contributed by atoms with E-state index < -0.39 is 0 Å². The van der Waals surface area contributed by atoms with Gasteiger partial charge in [-0.2, -0.15) is 0 Å². The number of ether oxygens (including phenoxy) is 2. The Labute approximate surface area is 151 Å². The highest BCUT2D eigenvalue weighted by atomic mass is 16.5. The Hall–Kier alpha value is -3.02. The van der Waals surface area contributed by atoms with E-state index in [9.17, 15) is 4.79 Å². The van der Waals surface area contributed by atoms with E-state index in [2.05, 4.69) is 4.98 Å². The molecule has 0 radical (unpaired) electrons. The van der Waals surface area contributed by atoms with Crippen LogP contribution < -0.4 is 9.47 Å². The summed E-state index contributed by atoms with van der Waals surface area (Å²) in [6.07, 6.45) is 0.784. The van der Waals surface area contributed by atoms with E-state index in [4.69, 9.17) is 13.9 Å². The number of oxazole rings is 1. The summed E-state index contributed by atoms with van der Waals surface area (Å²) in [5, 5.41) is 0. The highest BCUT2D eigenvalue weighted by Crippen LogP contribution is 2.33. The number of aryl methyl sites for hydroxylation is 1. The molecule has 2 aromatic carbocycles. The normalized spacial score (nSPS) is 13.6. The van der Waals surface area contributed by atoms with Gasteiger partial charge in [-0.15, -0.1) is 0 Å². The molecule has 1 amide bonds. The fourth-order valence-electron chi connectivity index (χ4n) is 3.41. The number of carbonyl (C=O) groups excluding carboxylic acids is 1. The number of hydrogen-bond donors (Lipinski definition) is 0. The van der Waals surface area contributed by atoms with Crippen molar-refractivity contribution in [1.82, 2.24) is 9.88 Å². The van der Waals surface area contributed by atoms with Gasteiger partial charge in [0.05, 0.1) is 14.2 Å². The molecule has 1 aromatic heterocycles. The van der Waals surface area contributed by atoms with Crippen LogP contribution in [0.25, 0.3) is 11.1 Å². The summed E-state index contributed by atoms with van der Waals surface area (Å²) in [5.74, 6) is 1.99. The lowest BCUT2D eigenvalue weighted by molar-refractivity contribution is 0.0734. The average molecular weight is 352 g/mol. The zero-order valence-electron chi connectivity index (χ0n) is 15.0. The molecule has 1 aliphatic rings. The highest BCUT2D eigenvalue weighted by molar-refractivity contribution is 5.97. The van der Waals surface area contributed by atoms with Gasteiger partial charge in [-0.3, -0.25) is 4.79 Å². The van der Waals surface area contributed by atoms with Crippen LogP contribution in [-0.4, -0.2) is 36.6 Å². The first-order valence-electron chi connectivity index (χ1n) is 8.49. The van der Waals surface area contributed by atoms with E-state index in [1.165, 1.54) is 5.56 Å². The molecule has 0 aliphatic carbocycles. The van der Waals surface area contributed by atoms with E-state index >= 15 is 0 Å². The van der Waals surface area contributed by atoms with Crippen molar-refractivity contribution >= 4 is 17.0 Å². The van der Waals surface area contributed by atoms with E-state index in [1.807, 2.05) is 17.0 Å². The number of hydrogen-bond acceptors (Lipinski definition) is 5. The van der Waals surface area contributed by atoms with Gasteiger partial charge >= 0.3 is 0 Å². The van der Waals surface area contributed by atoms with Gasteiger partial charge in [0.25, 0.3) is 5.91 Å². The fourth-order valence-corrected chi connectivity index (χ4v) is 3.41. The van der Waals surface area contributed by atoms with Crippen molar-refractivity contribution in [2.75, 3.05) is 20.8 Å². The van der Waals surface area contributed by atoms with Crippen molar-refractivity contribution in [3.8, 4) is 11.5 Å². The van der Waals surface area contributed by atoms with Gasteiger partial charge in [0, 0.05) is 25.6 Å². The molecule has 0 saturated carbocycles. The maximum atomic E-state index is 12.9. The molecule has 1 aliphatic heterocycles. The smallest absolute Gasteiger partial charge is 0.254 e. The number of aromatic nitrogens is 1. The molecular formula is C20H20N2O4. The quantitative estimate of drug-likeness (QED) is 0.723. The maximum absolute atomic E-state index is 12.9. The molecule has 6 nitrogen and oxygen atoms in total. The van der Waals surface area contributed by atoms with Gasteiger partial charge in [0.15, 0.2) is 23.0 Å². The largest absolute Gasteiger partial charge is 0.493 e. The van der Waals surface area contributed by atoms with Crippen molar-refractivity contribution in [3.05, 3.63) is 52.9 Å². The van der Waals surface area contributed by atoms with Crippen molar-refractivity contribution in [2.45, 2.75) is 19.9 Å². The summed E-state index contributed by atoms with van der Waals surface area (Å²) in [6.45, 7) is 3.01. The number of amides is 1. The summed E-state index contributed by atoms with van der Waals surface area (Å²) in [7, 11) is 3.25. The van der Waals surface area contributed by atoms with Gasteiger partial charge in [0.1, 0.15) is 5.52 Å². The first-order chi connectivity index (χ1) is 12.6. The minimum atomic E-state index is -0.00649. The van der Waals surface area contributed by atoms with Gasteiger partial charge in [-0.05, 0) is 47.9 Å². The molecule has 6 heteroatoms. The third kappa shape index (κ3) is 2.77. The van der Waals surface area contributed by atoms with Crippen molar-refractivity contribution in [1.29, 1.82) is 0 Å². The van der Waals surface area contributed by atoms with E-state index in [-0.39, 0.29) is 5.91 Å². The predicted octanol–water partition coefficient (Wildman–Crippen LogP) is 3.35. The molecule has 2 heterocycles. The Morgan fingerprint density at radius 3 is 2.58 bits per heavy atom. The fraction of sp³-hybridized carbons (Fsp3) is 0.300. The highest BCUT2D eigenvalue weighted by Gasteiger charge is 2.24. The molecule has 0 bridgehead atoms. The minimum absolute atomic E-state index is 0.00649. The van der Waals surface area contributed by atoms with Crippen LogP contribution in [0, 0.1) is 6.92 Å². The molecule has 0 fully saturated rings. The molecule has 4 rings (SSSR count). The maximum Gasteiger partial charge on any atom is 0.254 e. The summed E-state index contributed by atoms with van der Waals surface area (Å²) in [4.78, 5) is 19.1. The molecule has 26 heavy (non-hydrogen) atoms. The third-order valence-electron chi connectivity index (χ3n) is 4.75. The second-order valence-electron chi connectivity index (χ2n) is 6.37. The predicted molar refractivity (Wildman–Crippen MR) is 96.7 cm³/mol. The Morgan fingerprint density at radius 2 is 1.85 bits per heavy atom. The van der Waals surface area contributed by atoms with Crippen LogP contribution in [-0.2, 0) is 13.0 Å². The van der Waals surface area contributed by atoms with E-state index in [0.29, 0.717) is 41.4 Å². The average Bonchev–Trinajstić information content (AvgIpc) is 3.04. The first kappa shape index (κ1) is 16.4. The zero-order valence-corrected chi connectivity index (χ0v) is 15.0. The second kappa shape index (κ2) is 6.37. The number of fused-ring (bicyclic) bond motifs is 2. The van der Waals surface area contributed by atoms with E-state index in [0.717, 1.165) is 17.7 Å². The molecule has 0 spiro atoms. The number of benzene rings is 2. The van der Waals surface area contributed by atoms with Gasteiger partial charge in [-0.1, -0.05) is 0 Å². The monoisotopic (exact) mass is 352 g/mol. The van der Waals surface area contributed by atoms with Crippen LogP contribution in [0.1, 0.15) is 27.4 Å². The Kier molecular flexibility index (Phi) is 4.03. The summed E-state index contributed by atoms with van der Waals surface area (Å²) >= 11 is 0. The van der Waals surface area contributed by atoms with Crippen LogP contribution in [0.4, 0.5) is 0 Å². The third-order valence-corrected chi connectivity index (χ3v) is 4.75. The zero-order chi connectivity index (χ0) is 18.3. The second-order valence-corrected chi connectivity index (χ2v) is 6.37. The Balaban J connectivity index is 1.61. The number of carbonyl (C=O) groups is 1. The number of methoxy groups -OCH3 is 2. The van der Waals surface area contributed by atoms with Crippen LogP contribution in [0.15, 0.2) is 34.7 Å². The summed E-state index contributed by atoms with van der Waals surface area (Å²) in [5.41, 5.74) is 4.29. The SMILES string of the molecule is COc1cc2c(cc1OC)CN(C(=O)c1ccc3oc(C)nc3c1)CC2. The molecule has 3 aromatic rings. The minimum Gasteiger partial charge on any atom is -0.493 e. The van der Waals surface area contributed by atoms with E-state index in [1.54, 1.807) is 39.3 Å². The lowest BCUT2D eigenvalue weighted by Crippen LogP contribution is -2.36. The van der Waals surface area contributed by atoms with Gasteiger partial charge < -0.3 is 18.8 Å². The van der Waals surface area contributed by atoms with Crippen LogP contribution >= 0.6 is 0 Å². The lowest BCUT2D eigenvalue weighted by atomic mass is 9.98. The van der Waals surface area contributed by atoms with Crippen molar-refractivity contribution in [3.63, 3.8) is 0 Å². The topological polar surface area (TPSA) is 64.8 Å². The molecule has 0 atom stereocenters. The van der Waals surface area contributed by atoms with Crippen LogP contribution in [0.5, 0.6) is 11.5 Å². The molecule has 0 N–H and O–H groups in total. The molecule has 0 unspecified atom stereocenters. The Bertz CT molecular complexity index is 993. The number of rotatable bonds is 3. The summed E-state index contributed by atoms with van der Waals surface area (Å²) < 4.78 is 16.2. The lowest BCUT2D eigenvalue weighted by Gasteiger charge is -2.29. The van der Waals surface area contributed by atoms with Crippen LogP contribution in [0.3, 0.4) is 0 Å². The number of nitrogens with zero attached hydrogens (tertiary/aromatic N) is 2. The summed E-state index contributed by atoms with van der Waals surface area (Å²) in [6, 6.07) is 9.34.